The van der Waals surface area contributed by atoms with Gasteiger partial charge in [-0.05, 0) is 6.92 Å². The molecule has 4 nitrogen and oxygen atoms in total. The Bertz CT molecular complexity index is 308. The molecule has 0 amide bonds. The molecule has 0 saturated heterocycles. The Labute approximate surface area is 78.4 Å². The molecule has 0 aliphatic heterocycles. The van der Waals surface area contributed by atoms with Gasteiger partial charge in [0.25, 0.3) is 0 Å². The molecule has 0 aliphatic carbocycles. The smallest absolute Gasteiger partial charge is 0.396 e. The van der Waals surface area contributed by atoms with Crippen molar-refractivity contribution in [2.24, 2.45) is 0 Å². The van der Waals surface area contributed by atoms with Crippen molar-refractivity contribution in [1.82, 2.24) is 9.78 Å². The molecule has 2 N–H and O–H groups in total. The minimum atomic E-state index is -4.31. The molecule has 0 spiro atoms. The summed E-state index contributed by atoms with van der Waals surface area (Å²) in [4.78, 5) is 0. The average Bonchev–Trinajstić information content (AvgIpc) is 2.33. The fourth-order valence-corrected chi connectivity index (χ4v) is 0.839. The van der Waals surface area contributed by atoms with Gasteiger partial charge in [0, 0.05) is 0 Å². The average molecular weight is 209 g/mol. The van der Waals surface area contributed by atoms with Crippen LogP contribution >= 0.6 is 0 Å². The molecule has 0 aliphatic rings. The van der Waals surface area contributed by atoms with Crippen LogP contribution in [0.2, 0.25) is 0 Å². The zero-order valence-corrected chi connectivity index (χ0v) is 7.51. The number of nitrogen functional groups attached to an aromatic ring is 1. The van der Waals surface area contributed by atoms with Crippen LogP contribution in [-0.2, 0) is 11.5 Å². The first-order valence-corrected chi connectivity index (χ1v) is 3.82. The molecule has 0 atom stereocenters. The molecular weight excluding hydrogens is 199 g/mol. The summed E-state index contributed by atoms with van der Waals surface area (Å²) in [7, 11) is 0. The largest absolute Gasteiger partial charge is 0.411 e. The molecule has 0 aromatic carbocycles. The van der Waals surface area contributed by atoms with E-state index in [0.29, 0.717) is 11.4 Å². The standard InChI is InChI=1S/C7H10F3N3O/c1-5-6(11)2-12-13(5)4-14-3-7(8,9)10/h2H,3-4,11H2,1H3. The number of alkyl halides is 3. The Morgan fingerprint density at radius 2 is 2.21 bits per heavy atom. The highest BCUT2D eigenvalue weighted by molar-refractivity contribution is 5.39. The Morgan fingerprint density at radius 1 is 1.57 bits per heavy atom. The van der Waals surface area contributed by atoms with Gasteiger partial charge in [0.2, 0.25) is 0 Å². The summed E-state index contributed by atoms with van der Waals surface area (Å²) in [5, 5.41) is 3.73. The highest BCUT2D eigenvalue weighted by atomic mass is 19.4. The summed E-state index contributed by atoms with van der Waals surface area (Å²) in [6, 6.07) is 0. The molecule has 0 saturated carbocycles. The number of nitrogens with two attached hydrogens (primary N) is 1. The lowest BCUT2D eigenvalue weighted by molar-refractivity contribution is -0.182. The van der Waals surface area contributed by atoms with Crippen LogP contribution in [0.3, 0.4) is 0 Å². The Hall–Kier alpha value is -1.24. The van der Waals surface area contributed by atoms with Crippen LogP contribution in [0, 0.1) is 6.92 Å². The van der Waals surface area contributed by atoms with Crippen molar-refractivity contribution in [2.45, 2.75) is 19.8 Å². The topological polar surface area (TPSA) is 53.1 Å². The third-order valence-electron chi connectivity index (χ3n) is 1.62. The normalized spacial score (nSPS) is 12.0. The van der Waals surface area contributed by atoms with Crippen molar-refractivity contribution >= 4 is 5.69 Å². The molecule has 0 unspecified atom stereocenters. The lowest BCUT2D eigenvalue weighted by Gasteiger charge is -2.08. The highest BCUT2D eigenvalue weighted by Gasteiger charge is 2.27. The van der Waals surface area contributed by atoms with Gasteiger partial charge in [-0.25, -0.2) is 4.68 Å². The summed E-state index contributed by atoms with van der Waals surface area (Å²) >= 11 is 0. The molecule has 80 valence electrons. The predicted octanol–water partition coefficient (Wildman–Crippen LogP) is 1.31. The Kier molecular flexibility index (Phi) is 3.00. The van der Waals surface area contributed by atoms with Gasteiger partial charge in [0.1, 0.15) is 13.3 Å². The van der Waals surface area contributed by atoms with Gasteiger partial charge >= 0.3 is 6.18 Å². The van der Waals surface area contributed by atoms with Crippen LogP contribution in [0.5, 0.6) is 0 Å². The van der Waals surface area contributed by atoms with Crippen LogP contribution in [-0.4, -0.2) is 22.6 Å². The number of nitrogens with zero attached hydrogens (tertiary/aromatic N) is 2. The Balaban J connectivity index is 2.43. The van der Waals surface area contributed by atoms with Crippen molar-refractivity contribution in [3.8, 4) is 0 Å². The SMILES string of the molecule is Cc1c(N)cnn1COCC(F)(F)F. The summed E-state index contributed by atoms with van der Waals surface area (Å²) in [5.41, 5.74) is 6.46. The van der Waals surface area contributed by atoms with E-state index in [4.69, 9.17) is 5.73 Å². The molecule has 1 aromatic rings. The number of aromatic nitrogens is 2. The van der Waals surface area contributed by atoms with Gasteiger partial charge in [-0.1, -0.05) is 0 Å². The van der Waals surface area contributed by atoms with E-state index in [-0.39, 0.29) is 6.73 Å². The molecule has 14 heavy (non-hydrogen) atoms. The monoisotopic (exact) mass is 209 g/mol. The first kappa shape index (κ1) is 10.8. The van der Waals surface area contributed by atoms with Crippen LogP contribution in [0.25, 0.3) is 0 Å². The first-order valence-electron chi connectivity index (χ1n) is 3.82. The van der Waals surface area contributed by atoms with E-state index in [1.165, 1.54) is 10.9 Å². The van der Waals surface area contributed by atoms with Crippen LogP contribution in [0.15, 0.2) is 6.20 Å². The summed E-state index contributed by atoms with van der Waals surface area (Å²) in [6.07, 6.45) is -2.95. The van der Waals surface area contributed by atoms with Crippen LogP contribution < -0.4 is 5.73 Å². The number of rotatable bonds is 3. The van der Waals surface area contributed by atoms with E-state index in [1.807, 2.05) is 0 Å². The molecule has 1 rings (SSSR count). The second-order valence-electron chi connectivity index (χ2n) is 2.78. The van der Waals surface area contributed by atoms with Crippen molar-refractivity contribution in [1.29, 1.82) is 0 Å². The van der Waals surface area contributed by atoms with Crippen molar-refractivity contribution < 1.29 is 17.9 Å². The molecule has 1 heterocycles. The zero-order chi connectivity index (χ0) is 10.8. The first-order chi connectivity index (χ1) is 6.40. The lowest BCUT2D eigenvalue weighted by atomic mass is 10.4. The third kappa shape index (κ3) is 2.91. The maximum absolute atomic E-state index is 11.7. The second kappa shape index (κ2) is 3.87. The fraction of sp³-hybridized carbons (Fsp3) is 0.571. The summed E-state index contributed by atoms with van der Waals surface area (Å²) in [5.74, 6) is 0. The molecular formula is C7H10F3N3O. The highest BCUT2D eigenvalue weighted by Crippen LogP contribution is 2.15. The minimum absolute atomic E-state index is 0.247. The van der Waals surface area contributed by atoms with E-state index in [2.05, 4.69) is 9.84 Å². The van der Waals surface area contributed by atoms with Crippen molar-refractivity contribution in [2.75, 3.05) is 12.3 Å². The predicted molar refractivity (Wildman–Crippen MR) is 43.4 cm³/mol. The van der Waals surface area contributed by atoms with Crippen LogP contribution in [0.4, 0.5) is 18.9 Å². The molecule has 0 fully saturated rings. The minimum Gasteiger partial charge on any atom is -0.396 e. The van der Waals surface area contributed by atoms with Gasteiger partial charge < -0.3 is 10.5 Å². The molecule has 0 bridgehead atoms. The zero-order valence-electron chi connectivity index (χ0n) is 7.51. The van der Waals surface area contributed by atoms with E-state index in [9.17, 15) is 13.2 Å². The third-order valence-corrected chi connectivity index (χ3v) is 1.62. The second-order valence-corrected chi connectivity index (χ2v) is 2.78. The van der Waals surface area contributed by atoms with Crippen LogP contribution in [0.1, 0.15) is 5.69 Å². The van der Waals surface area contributed by atoms with E-state index in [0.717, 1.165) is 0 Å². The fourth-order valence-electron chi connectivity index (χ4n) is 0.839. The molecule has 7 heteroatoms. The van der Waals surface area contributed by atoms with E-state index < -0.39 is 12.8 Å². The molecule has 0 radical (unpaired) electrons. The van der Waals surface area contributed by atoms with E-state index in [1.54, 1.807) is 6.92 Å². The number of halogens is 3. The van der Waals surface area contributed by atoms with E-state index >= 15 is 0 Å². The van der Waals surface area contributed by atoms with Crippen molar-refractivity contribution in [3.63, 3.8) is 0 Å². The molecule has 1 aromatic heterocycles. The number of anilines is 1. The maximum Gasteiger partial charge on any atom is 0.411 e. The number of hydrogen-bond acceptors (Lipinski definition) is 3. The quantitative estimate of drug-likeness (QED) is 0.816. The summed E-state index contributed by atoms with van der Waals surface area (Å²) in [6.45, 7) is 0.119. The summed E-state index contributed by atoms with van der Waals surface area (Å²) < 4.78 is 40.7. The number of hydrogen-bond donors (Lipinski definition) is 1. The van der Waals surface area contributed by atoms with Gasteiger partial charge in [-0.3, -0.25) is 0 Å². The number of ether oxygens (including phenoxy) is 1. The van der Waals surface area contributed by atoms with Gasteiger partial charge in [0.15, 0.2) is 0 Å². The van der Waals surface area contributed by atoms with Gasteiger partial charge in [-0.2, -0.15) is 18.3 Å². The van der Waals surface area contributed by atoms with Gasteiger partial charge in [0.05, 0.1) is 17.6 Å². The Morgan fingerprint density at radius 3 is 2.64 bits per heavy atom. The van der Waals surface area contributed by atoms with Gasteiger partial charge in [-0.15, -0.1) is 0 Å². The van der Waals surface area contributed by atoms with Crippen molar-refractivity contribution in [3.05, 3.63) is 11.9 Å². The lowest BCUT2D eigenvalue weighted by Crippen LogP contribution is -2.19. The maximum atomic E-state index is 11.7.